The van der Waals surface area contributed by atoms with Crippen molar-refractivity contribution in [2.45, 2.75) is 25.5 Å². The average Bonchev–Trinajstić information content (AvgIpc) is 3.06. The summed E-state index contributed by atoms with van der Waals surface area (Å²) in [5, 5.41) is 12.2. The largest absolute Gasteiger partial charge is 0.338 e. The van der Waals surface area contributed by atoms with Gasteiger partial charge in [-0.1, -0.05) is 43.8 Å². The van der Waals surface area contributed by atoms with Crippen LogP contribution < -0.4 is 16.6 Å². The van der Waals surface area contributed by atoms with Crippen molar-refractivity contribution < 1.29 is 4.79 Å². The Morgan fingerprint density at radius 3 is 2.80 bits per heavy atom. The Bertz CT molecular complexity index is 1360. The van der Waals surface area contributed by atoms with Crippen LogP contribution in [0.5, 0.6) is 0 Å². The summed E-state index contributed by atoms with van der Waals surface area (Å²) < 4.78 is 1.34. The molecule has 0 saturated carbocycles. The highest BCUT2D eigenvalue weighted by Gasteiger charge is 2.13. The maximum atomic E-state index is 12.4. The molecule has 154 valence electrons. The van der Waals surface area contributed by atoms with Gasteiger partial charge >= 0.3 is 5.69 Å². The Labute approximate surface area is 174 Å². The van der Waals surface area contributed by atoms with Crippen LogP contribution in [0.3, 0.4) is 0 Å². The molecule has 30 heavy (non-hydrogen) atoms. The van der Waals surface area contributed by atoms with Crippen molar-refractivity contribution in [3.63, 3.8) is 0 Å². The van der Waals surface area contributed by atoms with Crippen LogP contribution in [0.25, 0.3) is 22.1 Å². The van der Waals surface area contributed by atoms with Gasteiger partial charge in [-0.05, 0) is 12.0 Å². The van der Waals surface area contributed by atoms with Crippen LogP contribution in [0.1, 0.15) is 13.8 Å². The molecule has 3 aromatic heterocycles. The van der Waals surface area contributed by atoms with Gasteiger partial charge in [-0.15, -0.1) is 10.2 Å². The summed E-state index contributed by atoms with van der Waals surface area (Å²) in [7, 11) is 0. The number of nitrogens with one attached hydrogen (secondary N) is 3. The molecule has 0 aliphatic carbocycles. The molecule has 0 atom stereocenters. The Balaban J connectivity index is 1.49. The molecule has 1 aromatic carbocycles. The molecular formula is C19H19N7O3S. The standard InChI is InChI=1S/C19H19N7O3S/c1-10(2)8-26-13(7-14(27)22-19(26)29)21-15(28)9-30-18-23-17-16(24-25-18)11-5-3-4-6-12(11)20-17/h3-7,10H,8-9H2,1-2H3,(H,21,28)(H,20,23,25)(H,22,27,29). The van der Waals surface area contributed by atoms with Crippen LogP contribution in [0.15, 0.2) is 45.1 Å². The van der Waals surface area contributed by atoms with Crippen molar-refractivity contribution in [1.29, 1.82) is 0 Å². The third-order valence-corrected chi connectivity index (χ3v) is 5.12. The number of anilines is 1. The highest BCUT2D eigenvalue weighted by molar-refractivity contribution is 7.99. The summed E-state index contributed by atoms with van der Waals surface area (Å²) in [6, 6.07) is 8.89. The van der Waals surface area contributed by atoms with Crippen LogP contribution in [0, 0.1) is 5.92 Å². The SMILES string of the molecule is CC(C)Cn1c(NC(=O)CSc2nnc3c(n2)[nH]c2ccccc23)cc(=O)[nH]c1=O. The molecule has 0 bridgehead atoms. The number of benzene rings is 1. The van der Waals surface area contributed by atoms with Gasteiger partial charge in [0.2, 0.25) is 11.1 Å². The van der Waals surface area contributed by atoms with Gasteiger partial charge in [-0.2, -0.15) is 0 Å². The Hall–Kier alpha value is -3.47. The molecule has 3 N–H and O–H groups in total. The predicted octanol–water partition coefficient (Wildman–Crippen LogP) is 1.74. The van der Waals surface area contributed by atoms with Crippen LogP contribution in [-0.4, -0.2) is 41.4 Å². The predicted molar refractivity (Wildman–Crippen MR) is 115 cm³/mol. The molecule has 4 aromatic rings. The monoisotopic (exact) mass is 425 g/mol. The first-order valence-electron chi connectivity index (χ1n) is 9.28. The molecule has 0 fully saturated rings. The quantitative estimate of drug-likeness (QED) is 0.400. The van der Waals surface area contributed by atoms with E-state index in [-0.39, 0.29) is 23.4 Å². The minimum Gasteiger partial charge on any atom is -0.338 e. The normalized spacial score (nSPS) is 11.4. The number of carbonyl (C=O) groups is 1. The van der Waals surface area contributed by atoms with Gasteiger partial charge in [0.25, 0.3) is 5.56 Å². The summed E-state index contributed by atoms with van der Waals surface area (Å²) in [5.74, 6) is -0.0760. The Morgan fingerprint density at radius 1 is 1.20 bits per heavy atom. The summed E-state index contributed by atoms with van der Waals surface area (Å²) >= 11 is 1.11. The summed E-state index contributed by atoms with van der Waals surface area (Å²) in [4.78, 5) is 45.9. The van der Waals surface area contributed by atoms with Crippen molar-refractivity contribution in [1.82, 2.24) is 29.7 Å². The number of rotatable bonds is 6. The molecule has 10 nitrogen and oxygen atoms in total. The van der Waals surface area contributed by atoms with Crippen LogP contribution >= 0.6 is 11.8 Å². The van der Waals surface area contributed by atoms with Gasteiger partial charge < -0.3 is 10.3 Å². The maximum Gasteiger partial charge on any atom is 0.329 e. The van der Waals surface area contributed by atoms with E-state index < -0.39 is 11.2 Å². The van der Waals surface area contributed by atoms with Crippen LogP contribution in [0.4, 0.5) is 5.82 Å². The lowest BCUT2D eigenvalue weighted by Crippen LogP contribution is -2.34. The molecule has 1 amide bonds. The lowest BCUT2D eigenvalue weighted by atomic mass is 10.2. The molecule has 0 radical (unpaired) electrons. The Morgan fingerprint density at radius 2 is 2.00 bits per heavy atom. The number of H-pyrrole nitrogens is 2. The second kappa shape index (κ2) is 8.11. The zero-order chi connectivity index (χ0) is 21.3. The van der Waals surface area contributed by atoms with E-state index in [1.165, 1.54) is 10.6 Å². The molecule has 3 heterocycles. The zero-order valence-corrected chi connectivity index (χ0v) is 17.1. The second-order valence-electron chi connectivity index (χ2n) is 7.13. The van der Waals surface area contributed by atoms with Crippen LogP contribution in [0.2, 0.25) is 0 Å². The molecule has 0 aliphatic heterocycles. The zero-order valence-electron chi connectivity index (χ0n) is 16.3. The molecular weight excluding hydrogens is 406 g/mol. The number of aromatic nitrogens is 6. The molecule has 11 heteroatoms. The van der Waals surface area contributed by atoms with Crippen molar-refractivity contribution >= 4 is 45.6 Å². The molecule has 0 saturated heterocycles. The average molecular weight is 425 g/mol. The third kappa shape index (κ3) is 4.10. The minimum absolute atomic E-state index is 0.00389. The van der Waals surface area contributed by atoms with Gasteiger partial charge in [-0.25, -0.2) is 9.78 Å². The first-order chi connectivity index (χ1) is 14.4. The third-order valence-electron chi connectivity index (χ3n) is 4.28. The van der Waals surface area contributed by atoms with E-state index in [9.17, 15) is 14.4 Å². The molecule has 0 unspecified atom stereocenters. The number of thioether (sulfide) groups is 1. The highest BCUT2D eigenvalue weighted by atomic mass is 32.2. The van der Waals surface area contributed by atoms with E-state index >= 15 is 0 Å². The number of aromatic amines is 2. The van der Waals surface area contributed by atoms with E-state index in [4.69, 9.17) is 0 Å². The van der Waals surface area contributed by atoms with E-state index in [0.717, 1.165) is 22.7 Å². The molecule has 0 aliphatic rings. The number of para-hydroxylation sites is 1. The fraction of sp³-hybridized carbons (Fsp3) is 0.263. The summed E-state index contributed by atoms with van der Waals surface area (Å²) in [6.45, 7) is 4.23. The fourth-order valence-electron chi connectivity index (χ4n) is 3.05. The highest BCUT2D eigenvalue weighted by Crippen LogP contribution is 2.23. The van der Waals surface area contributed by atoms with Crippen molar-refractivity contribution in [3.05, 3.63) is 51.2 Å². The van der Waals surface area contributed by atoms with E-state index in [1.807, 2.05) is 38.1 Å². The van der Waals surface area contributed by atoms with E-state index in [2.05, 4.69) is 30.5 Å². The first-order valence-corrected chi connectivity index (χ1v) is 10.3. The Kier molecular flexibility index (Phi) is 5.36. The number of nitrogens with zero attached hydrogens (tertiary/aromatic N) is 4. The van der Waals surface area contributed by atoms with Crippen molar-refractivity contribution in [2.75, 3.05) is 11.1 Å². The number of amides is 1. The smallest absolute Gasteiger partial charge is 0.329 e. The number of hydrogen-bond donors (Lipinski definition) is 3. The van der Waals surface area contributed by atoms with Gasteiger partial charge in [0, 0.05) is 23.5 Å². The van der Waals surface area contributed by atoms with Crippen LogP contribution in [-0.2, 0) is 11.3 Å². The maximum absolute atomic E-state index is 12.4. The van der Waals surface area contributed by atoms with Gasteiger partial charge in [0.05, 0.1) is 5.75 Å². The summed E-state index contributed by atoms with van der Waals surface area (Å²) in [5.41, 5.74) is 1.04. The minimum atomic E-state index is -0.570. The second-order valence-corrected chi connectivity index (χ2v) is 8.07. The van der Waals surface area contributed by atoms with Crippen molar-refractivity contribution in [2.24, 2.45) is 5.92 Å². The number of carbonyl (C=O) groups excluding carboxylic acids is 1. The topological polar surface area (TPSA) is 138 Å². The van der Waals surface area contributed by atoms with Gasteiger partial charge in [0.1, 0.15) is 11.3 Å². The lowest BCUT2D eigenvalue weighted by Gasteiger charge is -2.14. The first kappa shape index (κ1) is 19.8. The van der Waals surface area contributed by atoms with Crippen molar-refractivity contribution in [3.8, 4) is 0 Å². The summed E-state index contributed by atoms with van der Waals surface area (Å²) in [6.07, 6.45) is 0. The lowest BCUT2D eigenvalue weighted by molar-refractivity contribution is -0.113. The van der Waals surface area contributed by atoms with E-state index in [1.54, 1.807) is 0 Å². The van der Waals surface area contributed by atoms with Gasteiger partial charge in [-0.3, -0.25) is 19.1 Å². The van der Waals surface area contributed by atoms with E-state index in [0.29, 0.717) is 22.9 Å². The fourth-order valence-corrected chi connectivity index (χ4v) is 3.63. The van der Waals surface area contributed by atoms with Gasteiger partial charge in [0.15, 0.2) is 5.65 Å². The number of fused-ring (bicyclic) bond motifs is 3. The molecule has 4 rings (SSSR count). The number of hydrogen-bond acceptors (Lipinski definition) is 7. The molecule has 0 spiro atoms.